The lowest BCUT2D eigenvalue weighted by Crippen LogP contribution is -2.19. The Hall–Kier alpha value is -2.08. The Balaban J connectivity index is 1.96. The molecule has 0 saturated carbocycles. The second-order valence-corrected chi connectivity index (χ2v) is 3.89. The maximum absolute atomic E-state index is 11.2. The predicted molar refractivity (Wildman–Crippen MR) is 66.5 cm³/mol. The minimum Gasteiger partial charge on any atom is -0.376 e. The molecule has 0 aliphatic carbocycles. The van der Waals surface area contributed by atoms with E-state index >= 15 is 0 Å². The van der Waals surface area contributed by atoms with Gasteiger partial charge in [0.05, 0.1) is 6.54 Å². The first-order valence-electron chi connectivity index (χ1n) is 5.23. The highest BCUT2D eigenvalue weighted by Crippen LogP contribution is 2.14. The summed E-state index contributed by atoms with van der Waals surface area (Å²) in [5.41, 5.74) is 0.874. The smallest absolute Gasteiger partial charge is 0.292 e. The molecule has 1 heterocycles. The summed E-state index contributed by atoms with van der Waals surface area (Å²) in [5, 5.41) is 9.71. The number of carbonyl (C=O) groups is 1. The molecule has 0 aliphatic rings. The molecule has 0 unspecified atom stereocenters. The van der Waals surface area contributed by atoms with E-state index < -0.39 is 0 Å². The molecule has 6 nitrogen and oxygen atoms in total. The van der Waals surface area contributed by atoms with Crippen molar-refractivity contribution in [3.05, 3.63) is 41.0 Å². The second kappa shape index (κ2) is 5.50. The minimum absolute atomic E-state index is 0.0189. The SMILES string of the molecule is CNC(=O)c1noc(CNc2ccc(Cl)cc2)n1. The van der Waals surface area contributed by atoms with E-state index in [2.05, 4.69) is 20.8 Å². The number of amides is 1. The summed E-state index contributed by atoms with van der Waals surface area (Å²) in [6.07, 6.45) is 0. The molecule has 0 bridgehead atoms. The third-order valence-electron chi connectivity index (χ3n) is 2.19. The largest absolute Gasteiger partial charge is 0.376 e. The zero-order valence-corrected chi connectivity index (χ0v) is 10.4. The van der Waals surface area contributed by atoms with E-state index in [0.717, 1.165) is 5.69 Å². The summed E-state index contributed by atoms with van der Waals surface area (Å²) >= 11 is 5.77. The molecule has 7 heteroatoms. The quantitative estimate of drug-likeness (QED) is 0.880. The van der Waals surface area contributed by atoms with Crippen molar-refractivity contribution in [2.24, 2.45) is 0 Å². The van der Waals surface area contributed by atoms with Crippen LogP contribution in [0, 0.1) is 0 Å². The average molecular weight is 267 g/mol. The van der Waals surface area contributed by atoms with Crippen LogP contribution in [-0.4, -0.2) is 23.1 Å². The van der Waals surface area contributed by atoms with Crippen LogP contribution in [0.4, 0.5) is 5.69 Å². The van der Waals surface area contributed by atoms with Crippen LogP contribution in [0.2, 0.25) is 5.02 Å². The fourth-order valence-corrected chi connectivity index (χ4v) is 1.40. The Bertz CT molecular complexity index is 538. The Kier molecular flexibility index (Phi) is 3.78. The van der Waals surface area contributed by atoms with Crippen molar-refractivity contribution in [1.29, 1.82) is 0 Å². The summed E-state index contributed by atoms with van der Waals surface area (Å²) in [6, 6.07) is 7.21. The van der Waals surface area contributed by atoms with Crippen LogP contribution in [0.5, 0.6) is 0 Å². The fourth-order valence-electron chi connectivity index (χ4n) is 1.28. The lowest BCUT2D eigenvalue weighted by atomic mass is 10.3. The van der Waals surface area contributed by atoms with Gasteiger partial charge in [-0.15, -0.1) is 0 Å². The Morgan fingerprint density at radius 3 is 2.78 bits per heavy atom. The highest BCUT2D eigenvalue weighted by molar-refractivity contribution is 6.30. The molecule has 2 rings (SSSR count). The summed E-state index contributed by atoms with van der Waals surface area (Å²) in [7, 11) is 1.50. The molecular formula is C11H11ClN4O2. The Morgan fingerprint density at radius 1 is 1.39 bits per heavy atom. The van der Waals surface area contributed by atoms with Crippen molar-refractivity contribution in [2.75, 3.05) is 12.4 Å². The van der Waals surface area contributed by atoms with Gasteiger partial charge >= 0.3 is 0 Å². The maximum Gasteiger partial charge on any atom is 0.292 e. The molecule has 18 heavy (non-hydrogen) atoms. The van der Waals surface area contributed by atoms with Crippen LogP contribution in [0.25, 0.3) is 0 Å². The third-order valence-corrected chi connectivity index (χ3v) is 2.44. The molecule has 0 fully saturated rings. The number of nitrogens with zero attached hydrogens (tertiary/aromatic N) is 2. The molecule has 94 valence electrons. The van der Waals surface area contributed by atoms with Gasteiger partial charge in [0.15, 0.2) is 0 Å². The van der Waals surface area contributed by atoms with E-state index in [1.54, 1.807) is 12.1 Å². The van der Waals surface area contributed by atoms with Gasteiger partial charge in [0.25, 0.3) is 11.7 Å². The second-order valence-electron chi connectivity index (χ2n) is 3.45. The van der Waals surface area contributed by atoms with Gasteiger partial charge in [-0.1, -0.05) is 16.8 Å². The van der Waals surface area contributed by atoms with Crippen LogP contribution in [0.3, 0.4) is 0 Å². The van der Waals surface area contributed by atoms with Gasteiger partial charge in [-0.2, -0.15) is 4.98 Å². The van der Waals surface area contributed by atoms with Crippen molar-refractivity contribution in [3.63, 3.8) is 0 Å². The van der Waals surface area contributed by atoms with Crippen molar-refractivity contribution in [2.45, 2.75) is 6.54 Å². The number of hydrogen-bond donors (Lipinski definition) is 2. The Labute approximate surface area is 108 Å². The Morgan fingerprint density at radius 2 is 2.11 bits per heavy atom. The van der Waals surface area contributed by atoms with Gasteiger partial charge in [-0.25, -0.2) is 0 Å². The first kappa shape index (κ1) is 12.4. The summed E-state index contributed by atoms with van der Waals surface area (Å²) in [4.78, 5) is 15.1. The molecule has 0 saturated heterocycles. The first-order valence-corrected chi connectivity index (χ1v) is 5.61. The zero-order valence-electron chi connectivity index (χ0n) is 9.61. The van der Waals surface area contributed by atoms with Crippen molar-refractivity contribution in [1.82, 2.24) is 15.5 Å². The van der Waals surface area contributed by atoms with Gasteiger partial charge in [0, 0.05) is 17.8 Å². The molecule has 1 aromatic heterocycles. The molecule has 0 radical (unpaired) electrons. The predicted octanol–water partition coefficient (Wildman–Crippen LogP) is 1.69. The third kappa shape index (κ3) is 2.98. The van der Waals surface area contributed by atoms with E-state index in [0.29, 0.717) is 17.5 Å². The normalized spacial score (nSPS) is 10.1. The summed E-state index contributed by atoms with van der Waals surface area (Å²) in [5.74, 6) is -0.0227. The molecule has 2 N–H and O–H groups in total. The standard InChI is InChI=1S/C11H11ClN4O2/c1-13-11(17)10-15-9(18-16-10)6-14-8-4-2-7(12)3-5-8/h2-5,14H,6H2,1H3,(H,13,17). The molecule has 0 aliphatic heterocycles. The highest BCUT2D eigenvalue weighted by atomic mass is 35.5. The fraction of sp³-hybridized carbons (Fsp3) is 0.182. The number of aromatic nitrogens is 2. The van der Waals surface area contributed by atoms with Crippen LogP contribution in [0.1, 0.15) is 16.5 Å². The molecule has 1 aromatic carbocycles. The van der Waals surface area contributed by atoms with Crippen LogP contribution in [-0.2, 0) is 6.54 Å². The molecule has 1 amide bonds. The molecule has 2 aromatic rings. The van der Waals surface area contributed by atoms with Gasteiger partial charge in [0.1, 0.15) is 0 Å². The monoisotopic (exact) mass is 266 g/mol. The number of benzene rings is 1. The molecule has 0 spiro atoms. The van der Waals surface area contributed by atoms with Crippen LogP contribution in [0.15, 0.2) is 28.8 Å². The highest BCUT2D eigenvalue weighted by Gasteiger charge is 2.12. The topological polar surface area (TPSA) is 80.0 Å². The maximum atomic E-state index is 11.2. The van der Waals surface area contributed by atoms with E-state index in [9.17, 15) is 4.79 Å². The summed E-state index contributed by atoms with van der Waals surface area (Å²) in [6.45, 7) is 0.339. The number of nitrogens with one attached hydrogen (secondary N) is 2. The number of hydrogen-bond acceptors (Lipinski definition) is 5. The van der Waals surface area contributed by atoms with Crippen molar-refractivity contribution >= 4 is 23.2 Å². The van der Waals surface area contributed by atoms with E-state index in [-0.39, 0.29) is 11.7 Å². The molecule has 0 atom stereocenters. The van der Waals surface area contributed by atoms with Gasteiger partial charge in [-0.05, 0) is 24.3 Å². The average Bonchev–Trinajstić information content (AvgIpc) is 2.86. The summed E-state index contributed by atoms with van der Waals surface area (Å²) < 4.78 is 4.92. The number of halogens is 1. The van der Waals surface area contributed by atoms with E-state index in [1.807, 2.05) is 12.1 Å². The van der Waals surface area contributed by atoms with Gasteiger partial charge in [-0.3, -0.25) is 4.79 Å². The van der Waals surface area contributed by atoms with Crippen LogP contribution >= 0.6 is 11.6 Å². The number of anilines is 1. The van der Waals surface area contributed by atoms with Gasteiger partial charge in [0.2, 0.25) is 5.89 Å². The lowest BCUT2D eigenvalue weighted by molar-refractivity contribution is 0.0950. The number of carbonyl (C=O) groups excluding carboxylic acids is 1. The van der Waals surface area contributed by atoms with Gasteiger partial charge < -0.3 is 15.2 Å². The molecular weight excluding hydrogens is 256 g/mol. The van der Waals surface area contributed by atoms with E-state index in [1.165, 1.54) is 7.05 Å². The van der Waals surface area contributed by atoms with E-state index in [4.69, 9.17) is 16.1 Å². The van der Waals surface area contributed by atoms with Crippen molar-refractivity contribution in [3.8, 4) is 0 Å². The first-order chi connectivity index (χ1) is 8.69. The minimum atomic E-state index is -0.378. The zero-order chi connectivity index (χ0) is 13.0. The van der Waals surface area contributed by atoms with Crippen molar-refractivity contribution < 1.29 is 9.32 Å². The lowest BCUT2D eigenvalue weighted by Gasteiger charge is -2.02. The van der Waals surface area contributed by atoms with Crippen LogP contribution < -0.4 is 10.6 Å². The number of rotatable bonds is 4.